The van der Waals surface area contributed by atoms with Crippen molar-refractivity contribution in [1.82, 2.24) is 20.4 Å². The molecule has 0 aliphatic rings. The SMILES string of the molecule is CNC(C)Cc1noc(CN(C)C(=O)c2ccc(Br)o2)n1.Cl. The molecule has 2 aromatic heterocycles. The van der Waals surface area contributed by atoms with Crippen molar-refractivity contribution >= 4 is 34.2 Å². The van der Waals surface area contributed by atoms with Crippen molar-refractivity contribution in [2.24, 2.45) is 0 Å². The maximum absolute atomic E-state index is 12.1. The van der Waals surface area contributed by atoms with Gasteiger partial charge in [0.1, 0.15) is 6.54 Å². The molecule has 0 saturated carbocycles. The van der Waals surface area contributed by atoms with Gasteiger partial charge in [0.05, 0.1) is 0 Å². The van der Waals surface area contributed by atoms with Crippen LogP contribution in [0.5, 0.6) is 0 Å². The fourth-order valence-electron chi connectivity index (χ4n) is 1.71. The number of aromatic nitrogens is 2. The van der Waals surface area contributed by atoms with Gasteiger partial charge in [-0.2, -0.15) is 4.98 Å². The minimum atomic E-state index is -0.246. The number of carbonyl (C=O) groups excluding carboxylic acids is 1. The van der Waals surface area contributed by atoms with Crippen molar-refractivity contribution in [2.45, 2.75) is 25.9 Å². The van der Waals surface area contributed by atoms with Gasteiger partial charge in [-0.1, -0.05) is 5.16 Å². The average molecular weight is 394 g/mol. The van der Waals surface area contributed by atoms with Gasteiger partial charge < -0.3 is 19.2 Å². The topological polar surface area (TPSA) is 84.4 Å². The summed E-state index contributed by atoms with van der Waals surface area (Å²) in [7, 11) is 3.53. The summed E-state index contributed by atoms with van der Waals surface area (Å²) in [6, 6.07) is 3.54. The zero-order valence-corrected chi connectivity index (χ0v) is 14.9. The number of likely N-dealkylation sites (N-methyl/N-ethyl adjacent to an activating group) is 1. The quantitative estimate of drug-likeness (QED) is 0.810. The molecule has 9 heteroatoms. The van der Waals surface area contributed by atoms with E-state index in [9.17, 15) is 4.79 Å². The molecule has 1 N–H and O–H groups in total. The summed E-state index contributed by atoms with van der Waals surface area (Å²) in [5.41, 5.74) is 0. The van der Waals surface area contributed by atoms with Gasteiger partial charge in [0, 0.05) is 19.5 Å². The largest absolute Gasteiger partial charge is 0.444 e. The highest BCUT2D eigenvalue weighted by Crippen LogP contribution is 2.16. The minimum Gasteiger partial charge on any atom is -0.444 e. The van der Waals surface area contributed by atoms with E-state index in [1.54, 1.807) is 19.2 Å². The molecule has 0 bridgehead atoms. The summed E-state index contributed by atoms with van der Waals surface area (Å²) in [6.07, 6.45) is 0.669. The van der Waals surface area contributed by atoms with Gasteiger partial charge in [0.25, 0.3) is 5.91 Å². The fraction of sp³-hybridized carbons (Fsp3) is 0.462. The Labute approximate surface area is 143 Å². The van der Waals surface area contributed by atoms with E-state index in [2.05, 4.69) is 31.4 Å². The molecule has 2 rings (SSSR count). The highest BCUT2D eigenvalue weighted by Gasteiger charge is 2.18. The van der Waals surface area contributed by atoms with Gasteiger partial charge >= 0.3 is 0 Å². The van der Waals surface area contributed by atoms with Crippen LogP contribution in [0.15, 0.2) is 25.7 Å². The van der Waals surface area contributed by atoms with Gasteiger partial charge in [-0.3, -0.25) is 4.79 Å². The Balaban J connectivity index is 0.00000242. The lowest BCUT2D eigenvalue weighted by Gasteiger charge is -2.12. The lowest BCUT2D eigenvalue weighted by molar-refractivity contribution is 0.0736. The molecule has 7 nitrogen and oxygen atoms in total. The van der Waals surface area contributed by atoms with Crippen LogP contribution >= 0.6 is 28.3 Å². The standard InChI is InChI=1S/C13H17BrN4O3.ClH/c1-8(15-2)6-11-16-12(21-17-11)7-18(3)13(19)9-4-5-10(14)20-9;/h4-5,8,15H,6-7H2,1-3H3;1H. The van der Waals surface area contributed by atoms with Crippen LogP contribution in [0.2, 0.25) is 0 Å². The first-order valence-corrected chi connectivity index (χ1v) is 7.28. The Morgan fingerprint density at radius 1 is 1.50 bits per heavy atom. The van der Waals surface area contributed by atoms with Crippen LogP contribution < -0.4 is 5.32 Å². The van der Waals surface area contributed by atoms with Crippen LogP contribution in [0.4, 0.5) is 0 Å². The van der Waals surface area contributed by atoms with E-state index in [0.29, 0.717) is 22.8 Å². The predicted octanol–water partition coefficient (Wildman–Crippen LogP) is 2.27. The molecule has 0 spiro atoms. The molecule has 2 aromatic rings. The number of nitrogens with zero attached hydrogens (tertiary/aromatic N) is 3. The lowest BCUT2D eigenvalue weighted by Crippen LogP contribution is -2.26. The molecule has 22 heavy (non-hydrogen) atoms. The van der Waals surface area contributed by atoms with Gasteiger partial charge in [-0.05, 0) is 42.0 Å². The second-order valence-corrected chi connectivity index (χ2v) is 5.54. The predicted molar refractivity (Wildman–Crippen MR) is 86.0 cm³/mol. The van der Waals surface area contributed by atoms with Crippen LogP contribution in [0.3, 0.4) is 0 Å². The molecule has 0 aliphatic heterocycles. The van der Waals surface area contributed by atoms with E-state index >= 15 is 0 Å². The third-order valence-corrected chi connectivity index (χ3v) is 3.42. The maximum Gasteiger partial charge on any atom is 0.289 e. The van der Waals surface area contributed by atoms with E-state index in [4.69, 9.17) is 8.94 Å². The monoisotopic (exact) mass is 392 g/mol. The van der Waals surface area contributed by atoms with Crippen molar-refractivity contribution < 1.29 is 13.7 Å². The smallest absolute Gasteiger partial charge is 0.289 e. The third-order valence-electron chi connectivity index (χ3n) is 2.99. The Kier molecular flexibility index (Phi) is 7.05. The highest BCUT2D eigenvalue weighted by molar-refractivity contribution is 9.10. The number of hydrogen-bond acceptors (Lipinski definition) is 6. The molecule has 122 valence electrons. The van der Waals surface area contributed by atoms with Crippen molar-refractivity contribution in [1.29, 1.82) is 0 Å². The summed E-state index contributed by atoms with van der Waals surface area (Å²) >= 11 is 3.17. The third kappa shape index (κ3) is 4.82. The summed E-state index contributed by atoms with van der Waals surface area (Å²) in [4.78, 5) is 17.8. The van der Waals surface area contributed by atoms with E-state index in [0.717, 1.165) is 0 Å². The van der Waals surface area contributed by atoms with Crippen LogP contribution in [0.25, 0.3) is 0 Å². The first kappa shape index (κ1) is 18.7. The minimum absolute atomic E-state index is 0. The molecule has 0 fully saturated rings. The van der Waals surface area contributed by atoms with Crippen LogP contribution in [-0.2, 0) is 13.0 Å². The number of rotatable bonds is 6. The van der Waals surface area contributed by atoms with Crippen LogP contribution in [0, 0.1) is 0 Å². The molecular formula is C13H18BrClN4O3. The fourth-order valence-corrected chi connectivity index (χ4v) is 2.01. The maximum atomic E-state index is 12.1. The summed E-state index contributed by atoms with van der Waals surface area (Å²) in [5.74, 6) is 1.03. The Hall–Kier alpha value is -1.38. The molecule has 2 heterocycles. The van der Waals surface area contributed by atoms with Crippen molar-refractivity contribution in [3.05, 3.63) is 34.3 Å². The number of furan rings is 1. The molecule has 1 atom stereocenters. The second kappa shape index (κ2) is 8.30. The first-order valence-electron chi connectivity index (χ1n) is 6.49. The van der Waals surface area contributed by atoms with Gasteiger partial charge in [0.15, 0.2) is 16.3 Å². The number of amides is 1. The summed E-state index contributed by atoms with van der Waals surface area (Å²) in [5, 5.41) is 7.00. The van der Waals surface area contributed by atoms with Crippen molar-refractivity contribution in [2.75, 3.05) is 14.1 Å². The number of nitrogens with one attached hydrogen (secondary N) is 1. The van der Waals surface area contributed by atoms with E-state index in [1.807, 2.05) is 14.0 Å². The van der Waals surface area contributed by atoms with Gasteiger partial charge in [-0.15, -0.1) is 12.4 Å². The van der Waals surface area contributed by atoms with E-state index in [-0.39, 0.29) is 36.7 Å². The number of carbonyl (C=O) groups is 1. The molecule has 0 aromatic carbocycles. The summed E-state index contributed by atoms with van der Waals surface area (Å²) < 4.78 is 10.9. The molecule has 1 amide bonds. The zero-order valence-electron chi connectivity index (χ0n) is 12.5. The molecule has 0 saturated heterocycles. The molecular weight excluding hydrogens is 376 g/mol. The lowest BCUT2D eigenvalue weighted by atomic mass is 10.2. The van der Waals surface area contributed by atoms with Crippen molar-refractivity contribution in [3.63, 3.8) is 0 Å². The second-order valence-electron chi connectivity index (χ2n) is 4.76. The normalized spacial score (nSPS) is 11.8. The summed E-state index contributed by atoms with van der Waals surface area (Å²) in [6.45, 7) is 2.26. The zero-order chi connectivity index (χ0) is 15.4. The number of halogens is 2. The molecule has 0 aliphatic carbocycles. The Morgan fingerprint density at radius 3 is 2.82 bits per heavy atom. The Morgan fingerprint density at radius 2 is 2.23 bits per heavy atom. The van der Waals surface area contributed by atoms with E-state index in [1.165, 1.54) is 4.90 Å². The molecule has 1 unspecified atom stereocenters. The Bertz CT molecular complexity index is 616. The van der Waals surface area contributed by atoms with E-state index < -0.39 is 0 Å². The van der Waals surface area contributed by atoms with Crippen LogP contribution in [0.1, 0.15) is 29.2 Å². The van der Waals surface area contributed by atoms with Gasteiger partial charge in [0.2, 0.25) is 5.89 Å². The highest BCUT2D eigenvalue weighted by atomic mass is 79.9. The van der Waals surface area contributed by atoms with Gasteiger partial charge in [-0.25, -0.2) is 0 Å². The number of hydrogen-bond donors (Lipinski definition) is 1. The molecule has 0 radical (unpaired) electrons. The first-order chi connectivity index (χ1) is 9.99. The van der Waals surface area contributed by atoms with Crippen LogP contribution in [-0.4, -0.2) is 41.1 Å². The average Bonchev–Trinajstić information content (AvgIpc) is 3.07. The van der Waals surface area contributed by atoms with Crippen molar-refractivity contribution in [3.8, 4) is 0 Å².